The third-order valence-electron chi connectivity index (χ3n) is 6.97. The number of aromatic nitrogens is 1. The molecule has 0 amide bonds. The summed E-state index contributed by atoms with van der Waals surface area (Å²) in [5.41, 5.74) is 4.47. The van der Waals surface area contributed by atoms with E-state index in [-0.39, 0.29) is 0 Å². The normalized spacial score (nSPS) is 13.2. The second-order valence-electron chi connectivity index (χ2n) is 9.86. The maximum atomic E-state index is 12.1. The minimum Gasteiger partial charge on any atom is -0.481 e. The number of ether oxygens (including phenoxy) is 1. The maximum absolute atomic E-state index is 12.1. The van der Waals surface area contributed by atoms with Gasteiger partial charge in [0.2, 0.25) is 5.88 Å². The molecule has 1 aromatic heterocycles. The first-order valence-corrected chi connectivity index (χ1v) is 13.2. The summed E-state index contributed by atoms with van der Waals surface area (Å²) < 4.78 is 6.63. The number of halogens is 1. The zero-order valence-electron chi connectivity index (χ0n) is 21.4. The second kappa shape index (κ2) is 10.6. The molecule has 0 spiro atoms. The van der Waals surface area contributed by atoms with Crippen molar-refractivity contribution in [3.05, 3.63) is 107 Å². The van der Waals surface area contributed by atoms with Gasteiger partial charge in [0.25, 0.3) is 0 Å². The van der Waals surface area contributed by atoms with Crippen LogP contribution in [-0.2, 0) is 12.0 Å². The molecule has 4 aromatic rings. The van der Waals surface area contributed by atoms with Crippen molar-refractivity contribution in [3.63, 3.8) is 0 Å². The number of benzene rings is 4. The molecule has 37 heavy (non-hydrogen) atoms. The monoisotopic (exact) mass is 554 g/mol. The first-order chi connectivity index (χ1) is 17.9. The van der Waals surface area contributed by atoms with Crippen LogP contribution in [0, 0.1) is 0 Å². The highest BCUT2D eigenvalue weighted by Gasteiger charge is 2.32. The fraction of sp³-hybridized carbons (Fsp3) is 0.219. The zero-order valence-corrected chi connectivity index (χ0v) is 23.0. The van der Waals surface area contributed by atoms with Gasteiger partial charge >= 0.3 is 0 Å². The molecule has 1 atom stereocenters. The molecule has 2 aliphatic rings. The number of pyridine rings is 1. The van der Waals surface area contributed by atoms with E-state index in [1.54, 1.807) is 7.11 Å². The van der Waals surface area contributed by atoms with Crippen molar-refractivity contribution in [1.82, 2.24) is 9.88 Å². The number of hydrogen-bond acceptors (Lipinski definition) is 4. The van der Waals surface area contributed by atoms with Crippen LogP contribution >= 0.6 is 15.9 Å². The van der Waals surface area contributed by atoms with Gasteiger partial charge in [-0.1, -0.05) is 82.7 Å². The number of aliphatic hydroxyl groups is 1. The van der Waals surface area contributed by atoms with Crippen molar-refractivity contribution in [3.8, 4) is 17.0 Å². The Kier molecular flexibility index (Phi) is 7.29. The van der Waals surface area contributed by atoms with Crippen molar-refractivity contribution in [1.29, 1.82) is 0 Å². The number of rotatable bonds is 7. The summed E-state index contributed by atoms with van der Waals surface area (Å²) in [6, 6.07) is 30.9. The molecule has 4 nitrogen and oxygen atoms in total. The lowest BCUT2D eigenvalue weighted by molar-refractivity contribution is 0.0220. The fourth-order valence-corrected chi connectivity index (χ4v) is 5.19. The molecule has 0 aliphatic heterocycles. The Bertz CT molecular complexity index is 1520. The van der Waals surface area contributed by atoms with Gasteiger partial charge in [0.1, 0.15) is 0 Å². The summed E-state index contributed by atoms with van der Waals surface area (Å²) in [4.78, 5) is 6.81. The van der Waals surface area contributed by atoms with Gasteiger partial charge in [-0.15, -0.1) is 0 Å². The molecule has 3 aromatic carbocycles. The first-order valence-electron chi connectivity index (χ1n) is 12.5. The Morgan fingerprint density at radius 1 is 0.865 bits per heavy atom. The highest BCUT2D eigenvalue weighted by molar-refractivity contribution is 9.10. The van der Waals surface area contributed by atoms with E-state index in [0.29, 0.717) is 18.7 Å². The Labute approximate surface area is 226 Å². The molecule has 6 rings (SSSR count). The molecular formula is C32H31BrN2O2. The van der Waals surface area contributed by atoms with Crippen molar-refractivity contribution in [2.75, 3.05) is 27.7 Å². The molecule has 1 N–H and O–H groups in total. The topological polar surface area (TPSA) is 45.6 Å². The number of nitrogens with zero attached hydrogens (tertiary/aromatic N) is 2. The molecule has 0 saturated carbocycles. The van der Waals surface area contributed by atoms with E-state index >= 15 is 0 Å². The molecule has 0 unspecified atom stereocenters. The van der Waals surface area contributed by atoms with Crippen LogP contribution in [0.5, 0.6) is 5.88 Å². The number of methoxy groups -OCH3 is 1. The SMILES string of the molecule is COc1nc2ccc(Br)cc2cc1C[C@](O)(CCN(C)C)c1cccc2ccccc12.c1cc2ccc1-2. The van der Waals surface area contributed by atoms with Crippen LogP contribution in [0.2, 0.25) is 0 Å². The van der Waals surface area contributed by atoms with Gasteiger partial charge in [-0.2, -0.15) is 0 Å². The van der Waals surface area contributed by atoms with Crippen molar-refractivity contribution in [2.45, 2.75) is 18.4 Å². The lowest BCUT2D eigenvalue weighted by Crippen LogP contribution is -2.33. The van der Waals surface area contributed by atoms with Gasteiger partial charge < -0.3 is 14.7 Å². The Hall–Kier alpha value is -3.25. The summed E-state index contributed by atoms with van der Waals surface area (Å²) in [5, 5.41) is 15.3. The fourth-order valence-electron chi connectivity index (χ4n) is 4.81. The first kappa shape index (κ1) is 25.4. The van der Waals surface area contributed by atoms with Crippen LogP contribution < -0.4 is 4.74 Å². The van der Waals surface area contributed by atoms with Gasteiger partial charge in [-0.25, -0.2) is 4.98 Å². The highest BCUT2D eigenvalue weighted by atomic mass is 79.9. The van der Waals surface area contributed by atoms with E-state index in [1.807, 2.05) is 56.6 Å². The largest absolute Gasteiger partial charge is 0.481 e. The summed E-state index contributed by atoms with van der Waals surface area (Å²) in [6.45, 7) is 0.759. The minimum absolute atomic E-state index is 0.410. The highest BCUT2D eigenvalue weighted by Crippen LogP contribution is 2.37. The van der Waals surface area contributed by atoms with E-state index in [9.17, 15) is 5.11 Å². The smallest absolute Gasteiger partial charge is 0.216 e. The third-order valence-corrected chi connectivity index (χ3v) is 7.47. The van der Waals surface area contributed by atoms with Crippen molar-refractivity contribution >= 4 is 37.6 Å². The van der Waals surface area contributed by atoms with Crippen LogP contribution in [0.1, 0.15) is 17.5 Å². The van der Waals surface area contributed by atoms with Crippen LogP contribution in [0.15, 0.2) is 95.5 Å². The van der Waals surface area contributed by atoms with Gasteiger partial charge in [-0.3, -0.25) is 0 Å². The molecule has 1 heterocycles. The molecular weight excluding hydrogens is 524 g/mol. The molecule has 5 heteroatoms. The van der Waals surface area contributed by atoms with E-state index in [4.69, 9.17) is 9.72 Å². The van der Waals surface area contributed by atoms with Gasteiger partial charge in [0, 0.05) is 28.4 Å². The van der Waals surface area contributed by atoms with Crippen LogP contribution in [0.3, 0.4) is 0 Å². The Morgan fingerprint density at radius 2 is 1.57 bits per heavy atom. The number of hydrogen-bond donors (Lipinski definition) is 1. The molecule has 188 valence electrons. The predicted molar refractivity (Wildman–Crippen MR) is 156 cm³/mol. The lowest BCUT2D eigenvalue weighted by Gasteiger charge is -2.32. The van der Waals surface area contributed by atoms with Crippen LogP contribution in [-0.4, -0.2) is 42.7 Å². The molecule has 0 saturated heterocycles. The van der Waals surface area contributed by atoms with E-state index in [0.717, 1.165) is 43.8 Å². The summed E-state index contributed by atoms with van der Waals surface area (Å²) in [7, 11) is 5.69. The Balaban J connectivity index is 0.000000403. The summed E-state index contributed by atoms with van der Waals surface area (Å²) >= 11 is 3.54. The zero-order chi connectivity index (χ0) is 26.0. The average molecular weight is 556 g/mol. The van der Waals surface area contributed by atoms with Crippen LogP contribution in [0.4, 0.5) is 0 Å². The third kappa shape index (κ3) is 5.40. The quantitative estimate of drug-likeness (QED) is 0.226. The standard InChI is InChI=1S/C26H27BrN2O2.C6H4/c1-29(2)14-13-26(30,23-10-6-8-18-7-4-5-9-22(18)23)17-20-15-19-16-21(27)11-12-24(19)28-25(20)31-3;1-2-6-4-3-5(1)6/h4-12,15-16,30H,13-14,17H2,1-3H3;1-4H/t26-;/m1./s1. The summed E-state index contributed by atoms with van der Waals surface area (Å²) in [5.74, 6) is 0.554. The van der Waals surface area contributed by atoms with Gasteiger partial charge in [0.05, 0.1) is 18.2 Å². The minimum atomic E-state index is -1.07. The average Bonchev–Trinajstić information content (AvgIpc) is 2.89. The van der Waals surface area contributed by atoms with E-state index in [1.165, 1.54) is 11.1 Å². The van der Waals surface area contributed by atoms with E-state index < -0.39 is 5.60 Å². The second-order valence-corrected chi connectivity index (χ2v) is 10.8. The number of fused-ring (bicyclic) bond motifs is 3. The van der Waals surface area contributed by atoms with Crippen LogP contribution in [0.25, 0.3) is 32.8 Å². The van der Waals surface area contributed by atoms with Gasteiger partial charge in [-0.05, 0) is 72.2 Å². The molecule has 0 fully saturated rings. The van der Waals surface area contributed by atoms with Crippen molar-refractivity contribution in [2.24, 2.45) is 0 Å². The summed E-state index contributed by atoms with van der Waals surface area (Å²) in [6.07, 6.45) is 1.00. The lowest BCUT2D eigenvalue weighted by atomic mass is 9.81. The van der Waals surface area contributed by atoms with Crippen molar-refractivity contribution < 1.29 is 9.84 Å². The maximum Gasteiger partial charge on any atom is 0.216 e. The predicted octanol–water partition coefficient (Wildman–Crippen LogP) is 7.21. The molecule has 0 bridgehead atoms. The Morgan fingerprint density at radius 3 is 2.22 bits per heavy atom. The molecule has 2 aliphatic carbocycles. The molecule has 0 radical (unpaired) electrons. The van der Waals surface area contributed by atoms with E-state index in [2.05, 4.69) is 69.4 Å². The van der Waals surface area contributed by atoms with Gasteiger partial charge in [0.15, 0.2) is 0 Å².